The number of alkyl halides is 3. The molecule has 0 radical (unpaired) electrons. The molecule has 1 fully saturated rings. The van der Waals surface area contributed by atoms with Gasteiger partial charge in [-0.25, -0.2) is 18.7 Å². The van der Waals surface area contributed by atoms with Crippen molar-refractivity contribution in [2.45, 2.75) is 37.5 Å². The summed E-state index contributed by atoms with van der Waals surface area (Å²) >= 11 is 0. The van der Waals surface area contributed by atoms with E-state index in [2.05, 4.69) is 15.3 Å². The summed E-state index contributed by atoms with van der Waals surface area (Å²) < 4.78 is 67.8. The third-order valence-corrected chi connectivity index (χ3v) is 4.93. The second-order valence-corrected chi connectivity index (χ2v) is 7.24. The van der Waals surface area contributed by atoms with Gasteiger partial charge in [-0.1, -0.05) is 0 Å². The van der Waals surface area contributed by atoms with Gasteiger partial charge in [0.05, 0.1) is 17.7 Å². The van der Waals surface area contributed by atoms with E-state index in [-0.39, 0.29) is 29.2 Å². The predicted octanol–water partition coefficient (Wildman–Crippen LogP) is 3.96. The van der Waals surface area contributed by atoms with Crippen LogP contribution in [0.1, 0.15) is 31.4 Å². The third-order valence-electron chi connectivity index (χ3n) is 4.93. The average molecular weight is 426 g/mol. The number of amides is 1. The molecule has 1 saturated carbocycles. The number of pyridine rings is 1. The van der Waals surface area contributed by atoms with Crippen molar-refractivity contribution < 1.29 is 31.9 Å². The van der Waals surface area contributed by atoms with Gasteiger partial charge in [-0.2, -0.15) is 13.2 Å². The van der Waals surface area contributed by atoms with Crippen LogP contribution >= 0.6 is 0 Å². The Morgan fingerprint density at radius 1 is 1.13 bits per heavy atom. The SMILES string of the molecule is O=C(CC1(O)CCC1)Nc1nc2ccc(C(F)(F)F)nc2n1-c1cc(F)cc(F)c1. The highest BCUT2D eigenvalue weighted by Crippen LogP contribution is 2.35. The summed E-state index contributed by atoms with van der Waals surface area (Å²) in [5.41, 5.74) is -2.94. The van der Waals surface area contributed by atoms with Crippen LogP contribution in [0.4, 0.5) is 27.9 Å². The molecule has 30 heavy (non-hydrogen) atoms. The quantitative estimate of drug-likeness (QED) is 0.619. The number of carbonyl (C=O) groups excluding carboxylic acids is 1. The second kappa shape index (κ2) is 7.01. The highest BCUT2D eigenvalue weighted by Gasteiger charge is 2.37. The van der Waals surface area contributed by atoms with E-state index in [1.54, 1.807) is 0 Å². The molecule has 6 nitrogen and oxygen atoms in total. The Morgan fingerprint density at radius 2 is 1.80 bits per heavy atom. The van der Waals surface area contributed by atoms with E-state index >= 15 is 0 Å². The number of nitrogens with one attached hydrogen (secondary N) is 1. The standard InChI is InChI=1S/C19H15F5N4O2/c20-10-6-11(21)8-12(7-10)28-16-13(2-3-14(26-16)19(22,23)24)25-17(28)27-15(29)9-18(30)4-1-5-18/h2-3,6-8,30H,1,4-5,9H2,(H,25,27,29). The van der Waals surface area contributed by atoms with Crippen molar-refractivity contribution in [1.82, 2.24) is 14.5 Å². The molecule has 1 aliphatic carbocycles. The normalized spacial score (nSPS) is 15.8. The maximum Gasteiger partial charge on any atom is 0.433 e. The minimum atomic E-state index is -4.76. The van der Waals surface area contributed by atoms with E-state index in [0.717, 1.165) is 29.2 Å². The number of imidazole rings is 1. The number of carbonyl (C=O) groups is 1. The van der Waals surface area contributed by atoms with Crippen molar-refractivity contribution in [2.75, 3.05) is 5.32 Å². The molecule has 2 N–H and O–H groups in total. The van der Waals surface area contributed by atoms with Crippen molar-refractivity contribution >= 4 is 23.0 Å². The maximum atomic E-state index is 13.8. The van der Waals surface area contributed by atoms with Gasteiger partial charge in [0.25, 0.3) is 0 Å². The Balaban J connectivity index is 1.83. The van der Waals surface area contributed by atoms with Crippen LogP contribution in [0, 0.1) is 11.6 Å². The second-order valence-electron chi connectivity index (χ2n) is 7.24. The zero-order valence-electron chi connectivity index (χ0n) is 15.3. The molecule has 1 aliphatic rings. The van der Waals surface area contributed by atoms with E-state index in [1.807, 2.05) is 0 Å². The molecule has 0 bridgehead atoms. The van der Waals surface area contributed by atoms with E-state index in [1.165, 1.54) is 0 Å². The Hall–Kier alpha value is -3.08. The summed E-state index contributed by atoms with van der Waals surface area (Å²) in [6.45, 7) is 0. The molecule has 3 aromatic rings. The smallest absolute Gasteiger partial charge is 0.389 e. The zero-order valence-corrected chi connectivity index (χ0v) is 15.3. The summed E-state index contributed by atoms with van der Waals surface area (Å²) in [5.74, 6) is -2.85. The molecule has 0 aliphatic heterocycles. The van der Waals surface area contributed by atoms with Crippen LogP contribution in [0.5, 0.6) is 0 Å². The van der Waals surface area contributed by atoms with E-state index in [0.29, 0.717) is 25.0 Å². The third kappa shape index (κ3) is 3.84. The highest BCUT2D eigenvalue weighted by atomic mass is 19.4. The topological polar surface area (TPSA) is 80.0 Å². The van der Waals surface area contributed by atoms with E-state index in [4.69, 9.17) is 0 Å². The van der Waals surface area contributed by atoms with Gasteiger partial charge in [-0.05, 0) is 43.5 Å². The summed E-state index contributed by atoms with van der Waals surface area (Å²) in [6.07, 6.45) is -3.33. The lowest BCUT2D eigenvalue weighted by atomic mass is 9.78. The van der Waals surface area contributed by atoms with Gasteiger partial charge in [0.1, 0.15) is 22.8 Å². The highest BCUT2D eigenvalue weighted by molar-refractivity contribution is 5.92. The van der Waals surface area contributed by atoms with Gasteiger partial charge in [-0.3, -0.25) is 14.7 Å². The van der Waals surface area contributed by atoms with Crippen LogP contribution < -0.4 is 5.32 Å². The number of hydrogen-bond acceptors (Lipinski definition) is 4. The van der Waals surface area contributed by atoms with Crippen LogP contribution in [0.2, 0.25) is 0 Å². The number of halogens is 5. The fraction of sp³-hybridized carbons (Fsp3) is 0.316. The number of anilines is 1. The van der Waals surface area contributed by atoms with Crippen LogP contribution in [0.15, 0.2) is 30.3 Å². The largest absolute Gasteiger partial charge is 0.433 e. The van der Waals surface area contributed by atoms with Crippen molar-refractivity contribution in [1.29, 1.82) is 0 Å². The van der Waals surface area contributed by atoms with Crippen molar-refractivity contribution in [3.05, 3.63) is 47.7 Å². The first-order chi connectivity index (χ1) is 14.0. The van der Waals surface area contributed by atoms with E-state index < -0.39 is 35.0 Å². The molecule has 1 amide bonds. The molecular formula is C19H15F5N4O2. The van der Waals surface area contributed by atoms with Crippen LogP contribution in [-0.4, -0.2) is 31.1 Å². The molecule has 0 unspecified atom stereocenters. The first kappa shape index (κ1) is 20.2. The Bertz CT molecular complexity index is 1120. The maximum absolute atomic E-state index is 13.8. The fourth-order valence-corrected chi connectivity index (χ4v) is 3.34. The number of aromatic nitrogens is 3. The number of rotatable bonds is 4. The minimum Gasteiger partial charge on any atom is -0.389 e. The first-order valence-corrected chi connectivity index (χ1v) is 8.99. The lowest BCUT2D eigenvalue weighted by Crippen LogP contribution is -2.40. The van der Waals surface area contributed by atoms with Crippen molar-refractivity contribution in [3.63, 3.8) is 0 Å². The number of benzene rings is 1. The number of fused-ring (bicyclic) bond motifs is 1. The first-order valence-electron chi connectivity index (χ1n) is 8.99. The van der Waals surface area contributed by atoms with Gasteiger partial charge < -0.3 is 5.11 Å². The summed E-state index contributed by atoms with van der Waals surface area (Å²) in [6, 6.07) is 4.12. The van der Waals surface area contributed by atoms with Gasteiger partial charge in [0.15, 0.2) is 5.65 Å². The lowest BCUT2D eigenvalue weighted by Gasteiger charge is -2.35. The van der Waals surface area contributed by atoms with Crippen LogP contribution in [-0.2, 0) is 11.0 Å². The van der Waals surface area contributed by atoms with Gasteiger partial charge >= 0.3 is 6.18 Å². The number of aliphatic hydroxyl groups is 1. The molecule has 2 aromatic heterocycles. The molecule has 0 spiro atoms. The summed E-state index contributed by atoms with van der Waals surface area (Å²) in [7, 11) is 0. The lowest BCUT2D eigenvalue weighted by molar-refractivity contribution is -0.141. The monoisotopic (exact) mass is 426 g/mol. The number of nitrogens with zero attached hydrogens (tertiary/aromatic N) is 3. The molecule has 158 valence electrons. The van der Waals surface area contributed by atoms with Gasteiger partial charge in [0.2, 0.25) is 11.9 Å². The molecule has 2 heterocycles. The van der Waals surface area contributed by atoms with Crippen LogP contribution in [0.25, 0.3) is 16.9 Å². The summed E-state index contributed by atoms with van der Waals surface area (Å²) in [5, 5.41) is 12.6. The predicted molar refractivity (Wildman–Crippen MR) is 95.8 cm³/mol. The van der Waals surface area contributed by atoms with Gasteiger partial charge in [0, 0.05) is 6.07 Å². The zero-order chi connectivity index (χ0) is 21.7. The van der Waals surface area contributed by atoms with Crippen molar-refractivity contribution in [2.24, 2.45) is 0 Å². The molecule has 11 heteroatoms. The molecular weight excluding hydrogens is 411 g/mol. The Labute approximate surface area is 166 Å². The van der Waals surface area contributed by atoms with Gasteiger partial charge in [-0.15, -0.1) is 0 Å². The van der Waals surface area contributed by atoms with Crippen LogP contribution in [0.3, 0.4) is 0 Å². The average Bonchev–Trinajstić information content (AvgIpc) is 2.95. The van der Waals surface area contributed by atoms with E-state index in [9.17, 15) is 31.9 Å². The fourth-order valence-electron chi connectivity index (χ4n) is 3.34. The molecule has 0 saturated heterocycles. The molecule has 4 rings (SSSR count). The van der Waals surface area contributed by atoms with Crippen molar-refractivity contribution in [3.8, 4) is 5.69 Å². The Morgan fingerprint density at radius 3 is 2.37 bits per heavy atom. The molecule has 0 atom stereocenters. The molecule has 1 aromatic carbocycles. The number of hydrogen-bond donors (Lipinski definition) is 2. The Kier molecular flexibility index (Phi) is 4.72. The minimum absolute atomic E-state index is 0.0228. The summed E-state index contributed by atoms with van der Waals surface area (Å²) in [4.78, 5) is 20.0.